The summed E-state index contributed by atoms with van der Waals surface area (Å²) in [6.07, 6.45) is 0.353. The van der Waals surface area contributed by atoms with Crippen molar-refractivity contribution < 1.29 is 19.0 Å². The molecule has 0 saturated carbocycles. The molecule has 0 N–H and O–H groups in total. The molecule has 16 heavy (non-hydrogen) atoms. The van der Waals surface area contributed by atoms with Gasteiger partial charge in [-0.3, -0.25) is 0 Å². The summed E-state index contributed by atoms with van der Waals surface area (Å²) < 4.78 is 16.2. The van der Waals surface area contributed by atoms with Crippen molar-refractivity contribution in [3.63, 3.8) is 0 Å². The van der Waals surface area contributed by atoms with E-state index in [4.69, 9.17) is 14.2 Å². The van der Waals surface area contributed by atoms with Gasteiger partial charge in [0.25, 0.3) is 5.76 Å². The van der Waals surface area contributed by atoms with Crippen LogP contribution in [0.3, 0.4) is 0 Å². The molecule has 0 bridgehead atoms. The van der Waals surface area contributed by atoms with Gasteiger partial charge in [-0.05, 0) is 18.6 Å². The molecule has 0 aliphatic carbocycles. The second kappa shape index (κ2) is 3.27. The van der Waals surface area contributed by atoms with E-state index < -0.39 is 5.97 Å². The summed E-state index contributed by atoms with van der Waals surface area (Å²) in [6.45, 7) is 1.93. The highest BCUT2D eigenvalue weighted by atomic mass is 16.6. The van der Waals surface area contributed by atoms with Crippen molar-refractivity contribution in [3.05, 3.63) is 35.8 Å². The lowest BCUT2D eigenvalue weighted by molar-refractivity contribution is -0.141. The van der Waals surface area contributed by atoms with Crippen molar-refractivity contribution in [2.75, 3.05) is 0 Å². The smallest absolute Gasteiger partial charge is 0.378 e. The van der Waals surface area contributed by atoms with Gasteiger partial charge in [-0.1, -0.05) is 19.1 Å². The number of fused-ring (bicyclic) bond motifs is 1. The predicted molar refractivity (Wildman–Crippen MR) is 54.9 cm³/mol. The van der Waals surface area contributed by atoms with Gasteiger partial charge in [-0.25, -0.2) is 4.79 Å². The lowest BCUT2D eigenvalue weighted by Gasteiger charge is -2.18. The van der Waals surface area contributed by atoms with Gasteiger partial charge in [0.1, 0.15) is 0 Å². The van der Waals surface area contributed by atoms with Gasteiger partial charge in [0.05, 0.1) is 0 Å². The molecule has 1 unspecified atom stereocenters. The van der Waals surface area contributed by atoms with Gasteiger partial charge < -0.3 is 14.2 Å². The quantitative estimate of drug-likeness (QED) is 0.676. The summed E-state index contributed by atoms with van der Waals surface area (Å²) >= 11 is 0. The fourth-order valence-electron chi connectivity index (χ4n) is 1.80. The SMILES string of the molecule is CCC1OC(=O)C2=C1Oc1ccccc1O2. The molecule has 1 aromatic carbocycles. The topological polar surface area (TPSA) is 44.8 Å². The first-order valence-corrected chi connectivity index (χ1v) is 5.19. The Morgan fingerprint density at radius 2 is 1.88 bits per heavy atom. The summed E-state index contributed by atoms with van der Waals surface area (Å²) in [6, 6.07) is 7.23. The fourth-order valence-corrected chi connectivity index (χ4v) is 1.80. The lowest BCUT2D eigenvalue weighted by atomic mass is 10.2. The molecule has 2 aliphatic heterocycles. The van der Waals surface area contributed by atoms with Crippen LogP contribution in [0.2, 0.25) is 0 Å². The highest BCUT2D eigenvalue weighted by Gasteiger charge is 2.40. The Bertz CT molecular complexity index is 490. The minimum Gasteiger partial charge on any atom is -0.450 e. The van der Waals surface area contributed by atoms with E-state index in [9.17, 15) is 4.79 Å². The molecule has 0 aromatic heterocycles. The molecule has 0 fully saturated rings. The van der Waals surface area contributed by atoms with Gasteiger partial charge in [-0.15, -0.1) is 0 Å². The standard InChI is InChI=1S/C12H10O4/c1-2-7-10-11(12(13)16-7)15-9-6-4-3-5-8(9)14-10/h3-7H,2H2,1H3. The number of carbonyl (C=O) groups excluding carboxylic acids is 1. The number of benzene rings is 1. The van der Waals surface area contributed by atoms with Crippen LogP contribution < -0.4 is 9.47 Å². The van der Waals surface area contributed by atoms with Crippen molar-refractivity contribution in [1.29, 1.82) is 0 Å². The van der Waals surface area contributed by atoms with Crippen molar-refractivity contribution in [1.82, 2.24) is 0 Å². The second-order valence-electron chi connectivity index (χ2n) is 3.65. The molecule has 1 atom stereocenters. The first-order chi connectivity index (χ1) is 7.79. The molecule has 3 rings (SSSR count). The molecule has 2 heterocycles. The van der Waals surface area contributed by atoms with Crippen LogP contribution in [-0.2, 0) is 9.53 Å². The number of para-hydroxylation sites is 2. The van der Waals surface area contributed by atoms with E-state index in [1.54, 1.807) is 12.1 Å². The molecule has 0 spiro atoms. The van der Waals surface area contributed by atoms with E-state index in [1.807, 2.05) is 19.1 Å². The molecule has 4 nitrogen and oxygen atoms in total. The molecule has 2 aliphatic rings. The third-order valence-electron chi connectivity index (χ3n) is 2.60. The summed E-state index contributed by atoms with van der Waals surface area (Å²) in [7, 11) is 0. The molecule has 1 aromatic rings. The highest BCUT2D eigenvalue weighted by Crippen LogP contribution is 2.39. The maximum Gasteiger partial charge on any atom is 0.378 e. The highest BCUT2D eigenvalue weighted by molar-refractivity contribution is 5.90. The molecule has 4 heteroatoms. The number of hydrogen-bond acceptors (Lipinski definition) is 4. The van der Waals surface area contributed by atoms with E-state index >= 15 is 0 Å². The number of esters is 1. The maximum atomic E-state index is 11.5. The molecular weight excluding hydrogens is 208 g/mol. The molecule has 0 radical (unpaired) electrons. The van der Waals surface area contributed by atoms with Gasteiger partial charge >= 0.3 is 5.97 Å². The van der Waals surface area contributed by atoms with Crippen molar-refractivity contribution >= 4 is 5.97 Å². The minimum absolute atomic E-state index is 0.186. The number of hydrogen-bond donors (Lipinski definition) is 0. The van der Waals surface area contributed by atoms with Crippen molar-refractivity contribution in [2.45, 2.75) is 19.4 Å². The fraction of sp³-hybridized carbons (Fsp3) is 0.250. The Hall–Kier alpha value is -1.97. The first kappa shape index (κ1) is 9.27. The largest absolute Gasteiger partial charge is 0.450 e. The Morgan fingerprint density at radius 3 is 2.56 bits per heavy atom. The van der Waals surface area contributed by atoms with Gasteiger partial charge in [0.2, 0.25) is 0 Å². The van der Waals surface area contributed by atoms with Crippen LogP contribution in [0.15, 0.2) is 35.8 Å². The van der Waals surface area contributed by atoms with Crippen molar-refractivity contribution in [3.8, 4) is 11.5 Å². The van der Waals surface area contributed by atoms with E-state index in [0.29, 0.717) is 23.7 Å². The van der Waals surface area contributed by atoms with E-state index in [2.05, 4.69) is 0 Å². The molecule has 0 amide bonds. The van der Waals surface area contributed by atoms with Crippen LogP contribution in [0.4, 0.5) is 0 Å². The zero-order valence-corrected chi connectivity index (χ0v) is 8.73. The van der Waals surface area contributed by atoms with Gasteiger partial charge in [0, 0.05) is 0 Å². The number of cyclic esters (lactones) is 1. The van der Waals surface area contributed by atoms with E-state index in [1.165, 1.54) is 0 Å². The normalized spacial score (nSPS) is 21.8. The number of ether oxygens (including phenoxy) is 3. The summed E-state index contributed by atoms with van der Waals surface area (Å²) in [5.41, 5.74) is 0. The maximum absolute atomic E-state index is 11.5. The van der Waals surface area contributed by atoms with E-state index in [0.717, 1.165) is 0 Å². The predicted octanol–water partition coefficient (Wildman–Crippen LogP) is 2.00. The summed E-state index contributed by atoms with van der Waals surface area (Å²) in [4.78, 5) is 11.5. The Balaban J connectivity index is 2.03. The van der Waals surface area contributed by atoms with Crippen molar-refractivity contribution in [2.24, 2.45) is 0 Å². The van der Waals surface area contributed by atoms with Crippen LogP contribution in [-0.4, -0.2) is 12.1 Å². The molecule has 82 valence electrons. The van der Waals surface area contributed by atoms with Gasteiger partial charge in [0.15, 0.2) is 23.4 Å². The first-order valence-electron chi connectivity index (χ1n) is 5.19. The van der Waals surface area contributed by atoms with E-state index in [-0.39, 0.29) is 11.9 Å². The second-order valence-corrected chi connectivity index (χ2v) is 3.65. The third kappa shape index (κ3) is 1.19. The average Bonchev–Trinajstić information content (AvgIpc) is 2.63. The zero-order valence-electron chi connectivity index (χ0n) is 8.73. The Morgan fingerprint density at radius 1 is 1.19 bits per heavy atom. The van der Waals surface area contributed by atoms with Crippen LogP contribution in [0.25, 0.3) is 0 Å². The third-order valence-corrected chi connectivity index (χ3v) is 2.60. The lowest BCUT2D eigenvalue weighted by Crippen LogP contribution is -2.16. The molecular formula is C12H10O4. The Kier molecular flexibility index (Phi) is 1.89. The molecule has 0 saturated heterocycles. The van der Waals surface area contributed by atoms with Crippen LogP contribution in [0, 0.1) is 0 Å². The summed E-state index contributed by atoms with van der Waals surface area (Å²) in [5.74, 6) is 1.40. The van der Waals surface area contributed by atoms with Crippen LogP contribution in [0.1, 0.15) is 13.3 Å². The Labute approximate surface area is 92.4 Å². The van der Waals surface area contributed by atoms with Gasteiger partial charge in [-0.2, -0.15) is 0 Å². The number of carbonyl (C=O) groups is 1. The monoisotopic (exact) mass is 218 g/mol. The number of rotatable bonds is 1. The van der Waals surface area contributed by atoms with Crippen LogP contribution in [0.5, 0.6) is 11.5 Å². The minimum atomic E-state index is -0.448. The van der Waals surface area contributed by atoms with Crippen LogP contribution >= 0.6 is 0 Å². The summed E-state index contributed by atoms with van der Waals surface area (Å²) in [5, 5.41) is 0. The zero-order chi connectivity index (χ0) is 11.1. The average molecular weight is 218 g/mol.